The molecule has 0 aliphatic carbocycles. The topological polar surface area (TPSA) is 68.2 Å². The molecule has 7 heteroatoms. The number of hydrogen-bond donors (Lipinski definition) is 2. The van der Waals surface area contributed by atoms with E-state index in [9.17, 15) is 14.3 Å². The Bertz CT molecular complexity index is 846. The summed E-state index contributed by atoms with van der Waals surface area (Å²) < 4.78 is 13.0. The third-order valence-corrected chi connectivity index (χ3v) is 5.08. The molecule has 0 spiro atoms. The maximum absolute atomic E-state index is 13.0. The van der Waals surface area contributed by atoms with E-state index in [0.717, 1.165) is 50.3 Å². The molecule has 0 unspecified atom stereocenters. The molecular formula is C22H27FN4O2. The van der Waals surface area contributed by atoms with Crippen molar-refractivity contribution in [2.24, 2.45) is 5.10 Å². The summed E-state index contributed by atoms with van der Waals surface area (Å²) in [5.41, 5.74) is 5.04. The van der Waals surface area contributed by atoms with E-state index in [1.165, 1.54) is 18.3 Å². The summed E-state index contributed by atoms with van der Waals surface area (Å²) in [4.78, 5) is 16.5. The minimum Gasteiger partial charge on any atom is -0.507 e. The molecule has 154 valence electrons. The van der Waals surface area contributed by atoms with E-state index in [4.69, 9.17) is 0 Å². The average molecular weight is 398 g/mol. The number of carbonyl (C=O) groups excluding carboxylic acids is 1. The van der Waals surface area contributed by atoms with E-state index in [-0.39, 0.29) is 24.0 Å². The summed E-state index contributed by atoms with van der Waals surface area (Å²) in [7, 11) is 0. The second-order valence-corrected chi connectivity index (χ2v) is 7.18. The number of amides is 1. The molecular weight excluding hydrogens is 371 g/mol. The van der Waals surface area contributed by atoms with Crippen LogP contribution in [-0.4, -0.2) is 59.8 Å². The van der Waals surface area contributed by atoms with Crippen LogP contribution in [0.3, 0.4) is 0 Å². The van der Waals surface area contributed by atoms with Crippen molar-refractivity contribution in [2.45, 2.75) is 19.9 Å². The van der Waals surface area contributed by atoms with Crippen LogP contribution >= 0.6 is 0 Å². The van der Waals surface area contributed by atoms with Crippen LogP contribution in [0, 0.1) is 5.82 Å². The molecule has 0 aromatic heterocycles. The van der Waals surface area contributed by atoms with E-state index in [1.807, 2.05) is 19.1 Å². The van der Waals surface area contributed by atoms with Gasteiger partial charge in [-0.3, -0.25) is 14.6 Å². The highest BCUT2D eigenvalue weighted by molar-refractivity contribution is 5.86. The zero-order valence-electron chi connectivity index (χ0n) is 16.6. The molecule has 6 nitrogen and oxygen atoms in total. The molecule has 2 N–H and O–H groups in total. The van der Waals surface area contributed by atoms with Crippen molar-refractivity contribution in [1.29, 1.82) is 0 Å². The molecule has 1 heterocycles. The lowest BCUT2D eigenvalue weighted by molar-refractivity contribution is -0.122. The molecule has 3 rings (SSSR count). The third kappa shape index (κ3) is 6.10. The summed E-state index contributed by atoms with van der Waals surface area (Å²) in [5, 5.41) is 14.1. The molecule has 0 saturated carbocycles. The van der Waals surface area contributed by atoms with Crippen LogP contribution in [0.2, 0.25) is 0 Å². The van der Waals surface area contributed by atoms with E-state index >= 15 is 0 Å². The predicted molar refractivity (Wildman–Crippen MR) is 111 cm³/mol. The summed E-state index contributed by atoms with van der Waals surface area (Å²) in [5.74, 6) is -0.204. The SMILES string of the molecule is CCc1cccc(/C=N/NC(=O)CN2CCN(Cc3ccc(F)cc3)CC2)c1O. The molecule has 29 heavy (non-hydrogen) atoms. The van der Waals surface area contributed by atoms with E-state index in [2.05, 4.69) is 20.3 Å². The number of phenolic OH excluding ortho intramolecular Hbond substituents is 1. The molecule has 0 atom stereocenters. The lowest BCUT2D eigenvalue weighted by atomic mass is 10.1. The molecule has 0 radical (unpaired) electrons. The first-order chi connectivity index (χ1) is 14.0. The molecule has 1 saturated heterocycles. The number of aromatic hydroxyl groups is 1. The Hall–Kier alpha value is -2.77. The largest absolute Gasteiger partial charge is 0.507 e. The maximum atomic E-state index is 13.0. The van der Waals surface area contributed by atoms with Crippen molar-refractivity contribution in [2.75, 3.05) is 32.7 Å². The minimum absolute atomic E-state index is 0.181. The Morgan fingerprint density at radius 3 is 2.52 bits per heavy atom. The Morgan fingerprint density at radius 2 is 1.83 bits per heavy atom. The first-order valence-corrected chi connectivity index (χ1v) is 9.87. The highest BCUT2D eigenvalue weighted by Crippen LogP contribution is 2.21. The summed E-state index contributed by atoms with van der Waals surface area (Å²) in [6.45, 7) is 6.32. The summed E-state index contributed by atoms with van der Waals surface area (Å²) in [6, 6.07) is 12.0. The number of benzene rings is 2. The zero-order valence-corrected chi connectivity index (χ0v) is 16.6. The van der Waals surface area contributed by atoms with E-state index in [0.29, 0.717) is 5.56 Å². The second-order valence-electron chi connectivity index (χ2n) is 7.18. The third-order valence-electron chi connectivity index (χ3n) is 5.08. The van der Waals surface area contributed by atoms with E-state index in [1.54, 1.807) is 18.2 Å². The first-order valence-electron chi connectivity index (χ1n) is 9.87. The van der Waals surface area contributed by atoms with Crippen LogP contribution in [-0.2, 0) is 17.8 Å². The van der Waals surface area contributed by atoms with Crippen molar-refractivity contribution >= 4 is 12.1 Å². The van der Waals surface area contributed by atoms with Crippen LogP contribution < -0.4 is 5.43 Å². The van der Waals surface area contributed by atoms with Crippen molar-refractivity contribution in [3.8, 4) is 5.75 Å². The number of rotatable bonds is 7. The van der Waals surface area contributed by atoms with Gasteiger partial charge >= 0.3 is 0 Å². The van der Waals surface area contributed by atoms with Gasteiger partial charge in [0, 0.05) is 38.3 Å². The lowest BCUT2D eigenvalue weighted by Gasteiger charge is -2.34. The Kier molecular flexibility index (Phi) is 7.32. The molecule has 2 aromatic carbocycles. The van der Waals surface area contributed by atoms with Gasteiger partial charge in [-0.05, 0) is 35.7 Å². The van der Waals surface area contributed by atoms with Crippen molar-refractivity contribution in [3.05, 3.63) is 65.0 Å². The number of piperazine rings is 1. The van der Waals surface area contributed by atoms with Crippen LogP contribution in [0.4, 0.5) is 4.39 Å². The second kappa shape index (κ2) is 10.1. The van der Waals surface area contributed by atoms with Crippen molar-refractivity contribution in [3.63, 3.8) is 0 Å². The molecule has 1 aliphatic heterocycles. The molecule has 0 bridgehead atoms. The van der Waals surface area contributed by atoms with Gasteiger partial charge in [-0.2, -0.15) is 5.10 Å². The van der Waals surface area contributed by atoms with Gasteiger partial charge in [-0.1, -0.05) is 31.2 Å². The fraction of sp³-hybridized carbons (Fsp3) is 0.364. The Balaban J connectivity index is 1.41. The quantitative estimate of drug-likeness (QED) is 0.555. The number of halogens is 1. The van der Waals surface area contributed by atoms with Crippen LogP contribution in [0.25, 0.3) is 0 Å². The predicted octanol–water partition coefficient (Wildman–Crippen LogP) is 2.36. The van der Waals surface area contributed by atoms with Gasteiger partial charge in [0.05, 0.1) is 12.8 Å². The summed E-state index contributed by atoms with van der Waals surface area (Å²) in [6.07, 6.45) is 2.19. The monoisotopic (exact) mass is 398 g/mol. The Labute approximate surface area is 170 Å². The number of carbonyl (C=O) groups is 1. The number of phenols is 1. The zero-order chi connectivity index (χ0) is 20.6. The van der Waals surface area contributed by atoms with Gasteiger partial charge in [0.1, 0.15) is 11.6 Å². The lowest BCUT2D eigenvalue weighted by Crippen LogP contribution is -2.48. The number of aryl methyl sites for hydroxylation is 1. The van der Waals surface area contributed by atoms with Gasteiger partial charge in [0.15, 0.2) is 0 Å². The number of hydrazone groups is 1. The van der Waals surface area contributed by atoms with Gasteiger partial charge in [0.25, 0.3) is 5.91 Å². The summed E-state index contributed by atoms with van der Waals surface area (Å²) >= 11 is 0. The van der Waals surface area contributed by atoms with Crippen molar-refractivity contribution in [1.82, 2.24) is 15.2 Å². The number of nitrogens with zero attached hydrogens (tertiary/aromatic N) is 3. The molecule has 1 aliphatic rings. The molecule has 1 amide bonds. The normalized spacial score (nSPS) is 15.7. The average Bonchev–Trinajstić information content (AvgIpc) is 2.72. The van der Waals surface area contributed by atoms with Gasteiger partial charge in [0.2, 0.25) is 0 Å². The number of para-hydroxylation sites is 1. The number of nitrogens with one attached hydrogen (secondary N) is 1. The van der Waals surface area contributed by atoms with Crippen LogP contribution in [0.5, 0.6) is 5.75 Å². The van der Waals surface area contributed by atoms with Gasteiger partial charge in [-0.15, -0.1) is 0 Å². The minimum atomic E-state index is -0.222. The maximum Gasteiger partial charge on any atom is 0.254 e. The van der Waals surface area contributed by atoms with E-state index < -0.39 is 0 Å². The van der Waals surface area contributed by atoms with Gasteiger partial charge < -0.3 is 5.11 Å². The van der Waals surface area contributed by atoms with Gasteiger partial charge in [-0.25, -0.2) is 9.82 Å². The fourth-order valence-electron chi connectivity index (χ4n) is 3.37. The van der Waals surface area contributed by atoms with Crippen LogP contribution in [0.1, 0.15) is 23.6 Å². The smallest absolute Gasteiger partial charge is 0.254 e. The van der Waals surface area contributed by atoms with Crippen LogP contribution in [0.15, 0.2) is 47.6 Å². The Morgan fingerprint density at radius 1 is 1.14 bits per heavy atom. The highest BCUT2D eigenvalue weighted by Gasteiger charge is 2.19. The molecule has 1 fully saturated rings. The highest BCUT2D eigenvalue weighted by atomic mass is 19.1. The fourth-order valence-corrected chi connectivity index (χ4v) is 3.37. The first kappa shape index (κ1) is 21.0. The number of hydrogen-bond acceptors (Lipinski definition) is 5. The van der Waals surface area contributed by atoms with Crippen molar-refractivity contribution < 1.29 is 14.3 Å². The standard InChI is InChI=1S/C22H27FN4O2/c1-2-18-4-3-5-19(22(18)29)14-24-25-21(28)16-27-12-10-26(11-13-27)15-17-6-8-20(23)9-7-17/h3-9,14,29H,2,10-13,15-16H2,1H3,(H,25,28)/b24-14+. The molecule has 2 aromatic rings.